The third kappa shape index (κ3) is 4.48. The van der Waals surface area contributed by atoms with Crippen molar-refractivity contribution in [3.63, 3.8) is 0 Å². The third-order valence-electron chi connectivity index (χ3n) is 2.68. The van der Waals surface area contributed by atoms with Crippen molar-refractivity contribution in [3.8, 4) is 0 Å². The molecule has 6 heteroatoms. The van der Waals surface area contributed by atoms with Crippen LogP contribution in [0.1, 0.15) is 53.1 Å². The summed E-state index contributed by atoms with van der Waals surface area (Å²) in [6, 6.07) is 0.608. The number of Topliss-reactive ketones (excluding diaryl/α,β-unsaturated/α-hetero) is 1. The minimum atomic E-state index is -1.04. The van der Waals surface area contributed by atoms with Crippen LogP contribution in [0, 0.1) is 0 Å². The SMILES string of the molecule is CCCC[C@H](NC(=O)c1cc(C(C)=O)cs1)C(=O)O. The second-order valence-corrected chi connectivity index (χ2v) is 5.17. The molecule has 1 atom stereocenters. The molecule has 2 N–H and O–H groups in total. The van der Waals surface area contributed by atoms with Crippen LogP contribution >= 0.6 is 11.3 Å². The van der Waals surface area contributed by atoms with E-state index in [0.717, 1.165) is 24.2 Å². The first-order chi connectivity index (χ1) is 8.95. The Hall–Kier alpha value is -1.69. The number of carbonyl (C=O) groups excluding carboxylic acids is 2. The highest BCUT2D eigenvalue weighted by Crippen LogP contribution is 2.15. The molecular weight excluding hydrogens is 266 g/mol. The molecule has 19 heavy (non-hydrogen) atoms. The van der Waals surface area contributed by atoms with Crippen molar-refractivity contribution < 1.29 is 19.5 Å². The van der Waals surface area contributed by atoms with Gasteiger partial charge >= 0.3 is 5.97 Å². The van der Waals surface area contributed by atoms with Crippen molar-refractivity contribution in [2.75, 3.05) is 0 Å². The predicted octanol–water partition coefficient (Wildman–Crippen LogP) is 2.32. The molecule has 0 aliphatic rings. The van der Waals surface area contributed by atoms with Crippen molar-refractivity contribution in [3.05, 3.63) is 21.9 Å². The van der Waals surface area contributed by atoms with Crippen LogP contribution in [0.5, 0.6) is 0 Å². The molecule has 1 aromatic rings. The molecule has 1 aromatic heterocycles. The number of ketones is 1. The van der Waals surface area contributed by atoms with Gasteiger partial charge in [-0.25, -0.2) is 4.79 Å². The lowest BCUT2D eigenvalue weighted by Gasteiger charge is -2.13. The van der Waals surface area contributed by atoms with E-state index >= 15 is 0 Å². The van der Waals surface area contributed by atoms with Gasteiger partial charge in [-0.15, -0.1) is 11.3 Å². The van der Waals surface area contributed by atoms with E-state index in [4.69, 9.17) is 5.11 Å². The Morgan fingerprint density at radius 1 is 1.42 bits per heavy atom. The molecular formula is C13H17NO4S. The van der Waals surface area contributed by atoms with Crippen molar-refractivity contribution in [1.82, 2.24) is 5.32 Å². The number of unbranched alkanes of at least 4 members (excludes halogenated alkanes) is 1. The molecule has 0 bridgehead atoms. The number of hydrogen-bond donors (Lipinski definition) is 2. The number of carboxylic acid groups (broad SMARTS) is 1. The minimum Gasteiger partial charge on any atom is -0.480 e. The van der Waals surface area contributed by atoms with Gasteiger partial charge in [0.2, 0.25) is 0 Å². The van der Waals surface area contributed by atoms with Gasteiger partial charge in [0.25, 0.3) is 5.91 Å². The largest absolute Gasteiger partial charge is 0.480 e. The van der Waals surface area contributed by atoms with Gasteiger partial charge in [0.15, 0.2) is 5.78 Å². The van der Waals surface area contributed by atoms with E-state index in [0.29, 0.717) is 16.9 Å². The lowest BCUT2D eigenvalue weighted by atomic mass is 10.1. The summed E-state index contributed by atoms with van der Waals surface area (Å²) >= 11 is 1.14. The molecule has 0 saturated heterocycles. The normalized spacial score (nSPS) is 11.9. The minimum absolute atomic E-state index is 0.115. The third-order valence-corrected chi connectivity index (χ3v) is 3.61. The number of carboxylic acids is 1. The van der Waals surface area contributed by atoms with E-state index in [-0.39, 0.29) is 5.78 Å². The summed E-state index contributed by atoms with van der Waals surface area (Å²) in [5, 5.41) is 13.1. The lowest BCUT2D eigenvalue weighted by molar-refractivity contribution is -0.139. The molecule has 0 aliphatic heterocycles. The second kappa shape index (κ2) is 7.04. The Labute approximate surface area is 115 Å². The quantitative estimate of drug-likeness (QED) is 0.752. The Morgan fingerprint density at radius 3 is 2.58 bits per heavy atom. The van der Waals surface area contributed by atoms with E-state index in [9.17, 15) is 14.4 Å². The number of amides is 1. The van der Waals surface area contributed by atoms with Crippen LogP contribution in [0.2, 0.25) is 0 Å². The Morgan fingerprint density at radius 2 is 2.11 bits per heavy atom. The van der Waals surface area contributed by atoms with Crippen LogP contribution in [0.15, 0.2) is 11.4 Å². The van der Waals surface area contributed by atoms with Gasteiger partial charge in [0.05, 0.1) is 4.88 Å². The summed E-state index contributed by atoms with van der Waals surface area (Å²) in [7, 11) is 0. The molecule has 1 rings (SSSR count). The highest BCUT2D eigenvalue weighted by Gasteiger charge is 2.21. The van der Waals surface area contributed by atoms with Gasteiger partial charge in [-0.2, -0.15) is 0 Å². The molecule has 0 aliphatic carbocycles. The van der Waals surface area contributed by atoms with Crippen LogP contribution in [0.25, 0.3) is 0 Å². The number of nitrogens with one attached hydrogen (secondary N) is 1. The van der Waals surface area contributed by atoms with Crippen LogP contribution in [0.3, 0.4) is 0 Å². The van der Waals surface area contributed by atoms with Gasteiger partial charge in [-0.05, 0) is 19.4 Å². The van der Waals surface area contributed by atoms with E-state index in [1.165, 1.54) is 13.0 Å². The standard InChI is InChI=1S/C13H17NO4S/c1-3-4-5-10(13(17)18)14-12(16)11-6-9(7-19-11)8(2)15/h6-7,10H,3-5H2,1-2H3,(H,14,16)(H,17,18)/t10-/m0/s1. The zero-order valence-corrected chi connectivity index (χ0v) is 11.8. The fourth-order valence-corrected chi connectivity index (χ4v) is 2.38. The molecule has 0 spiro atoms. The first-order valence-electron chi connectivity index (χ1n) is 6.08. The lowest BCUT2D eigenvalue weighted by Crippen LogP contribution is -2.40. The summed E-state index contributed by atoms with van der Waals surface area (Å²) in [5.41, 5.74) is 0.468. The first kappa shape index (κ1) is 15.4. The van der Waals surface area contributed by atoms with Crippen LogP contribution in [-0.2, 0) is 4.79 Å². The van der Waals surface area contributed by atoms with Gasteiger partial charge < -0.3 is 10.4 Å². The Kier molecular flexibility index (Phi) is 5.69. The van der Waals surface area contributed by atoms with Crippen molar-refractivity contribution in [1.29, 1.82) is 0 Å². The van der Waals surface area contributed by atoms with Gasteiger partial charge in [-0.1, -0.05) is 19.8 Å². The monoisotopic (exact) mass is 283 g/mol. The van der Waals surface area contributed by atoms with Crippen LogP contribution in [-0.4, -0.2) is 28.8 Å². The number of carbonyl (C=O) groups is 3. The van der Waals surface area contributed by atoms with Crippen molar-refractivity contribution in [2.45, 2.75) is 39.2 Å². The zero-order valence-electron chi connectivity index (χ0n) is 10.9. The average molecular weight is 283 g/mol. The average Bonchev–Trinajstić information content (AvgIpc) is 2.83. The second-order valence-electron chi connectivity index (χ2n) is 4.26. The van der Waals surface area contributed by atoms with Crippen LogP contribution in [0.4, 0.5) is 0 Å². The Balaban J connectivity index is 2.70. The van der Waals surface area contributed by atoms with Gasteiger partial charge in [0, 0.05) is 10.9 Å². The summed E-state index contributed by atoms with van der Waals surface area (Å²) in [5.74, 6) is -1.60. The summed E-state index contributed by atoms with van der Waals surface area (Å²) in [6.07, 6.45) is 2.01. The van der Waals surface area contributed by atoms with Gasteiger partial charge in [-0.3, -0.25) is 9.59 Å². The highest BCUT2D eigenvalue weighted by atomic mass is 32.1. The van der Waals surface area contributed by atoms with Crippen molar-refractivity contribution >= 4 is 29.0 Å². The molecule has 0 unspecified atom stereocenters. The number of thiophene rings is 1. The van der Waals surface area contributed by atoms with E-state index < -0.39 is 17.9 Å². The smallest absolute Gasteiger partial charge is 0.326 e. The Bertz CT molecular complexity index is 481. The summed E-state index contributed by atoms with van der Waals surface area (Å²) in [4.78, 5) is 34.4. The number of rotatable bonds is 7. The summed E-state index contributed by atoms with van der Waals surface area (Å²) < 4.78 is 0. The number of hydrogen-bond acceptors (Lipinski definition) is 4. The summed E-state index contributed by atoms with van der Waals surface area (Å²) in [6.45, 7) is 3.38. The predicted molar refractivity (Wildman–Crippen MR) is 72.7 cm³/mol. The maximum Gasteiger partial charge on any atom is 0.326 e. The maximum atomic E-state index is 11.9. The van der Waals surface area contributed by atoms with E-state index in [1.54, 1.807) is 5.38 Å². The fourth-order valence-electron chi connectivity index (χ4n) is 1.53. The fraction of sp³-hybridized carbons (Fsp3) is 0.462. The molecule has 1 heterocycles. The molecule has 1 amide bonds. The van der Waals surface area contributed by atoms with Gasteiger partial charge in [0.1, 0.15) is 6.04 Å². The maximum absolute atomic E-state index is 11.9. The molecule has 0 aromatic carbocycles. The number of aliphatic carboxylic acids is 1. The molecule has 0 radical (unpaired) electrons. The van der Waals surface area contributed by atoms with E-state index in [1.807, 2.05) is 6.92 Å². The van der Waals surface area contributed by atoms with Crippen LogP contribution < -0.4 is 5.32 Å². The molecule has 0 saturated carbocycles. The first-order valence-corrected chi connectivity index (χ1v) is 6.96. The topological polar surface area (TPSA) is 83.5 Å². The van der Waals surface area contributed by atoms with E-state index in [2.05, 4.69) is 5.32 Å². The molecule has 0 fully saturated rings. The van der Waals surface area contributed by atoms with Crippen molar-refractivity contribution in [2.24, 2.45) is 0 Å². The zero-order chi connectivity index (χ0) is 14.4. The molecule has 104 valence electrons. The highest BCUT2D eigenvalue weighted by molar-refractivity contribution is 7.12. The molecule has 5 nitrogen and oxygen atoms in total.